The molecule has 19 heteroatoms. The average Bonchev–Trinajstić information content (AvgIpc) is 3.96. The van der Waals surface area contributed by atoms with Gasteiger partial charge in [0.05, 0.1) is 110 Å². The Kier molecular flexibility index (Phi) is 14.0. The summed E-state index contributed by atoms with van der Waals surface area (Å²) in [4.78, 5) is 25.9. The second kappa shape index (κ2) is 19.4. The highest BCUT2D eigenvalue weighted by Crippen LogP contribution is 2.46. The third kappa shape index (κ3) is 8.65. The molecule has 7 nitrogen and oxygen atoms in total. The zero-order chi connectivity index (χ0) is 49.5. The van der Waals surface area contributed by atoms with Crippen LogP contribution in [0.4, 0.5) is 0 Å². The molecule has 0 saturated carbocycles. The highest BCUT2D eigenvalue weighted by Gasteiger charge is 2.32. The molecule has 0 fully saturated rings. The van der Waals surface area contributed by atoms with Gasteiger partial charge in [0.15, 0.2) is 0 Å². The standard InChI is InChI=1S/C50H26Cl12N4O3/c1-4-13-69-23-11-9-21(10-12-23)29-44-36(57)40(61)48(65-44)32(30-24(51)14-18(2)15-25(30)52)46-38(59)34(55)42(63-46)28(20-5-7-22(8-6-20)50(67)68)43-35(56)39(60)47(64-43)33(49-41(62)37(58)45(29)66-49)31-26(53)16-19(3)17-27(31)54/h5-12,14-17,63-66H,1-3H3,(H,67,68). The average molecular weight is 1160 g/mol. The first-order valence-corrected chi connectivity index (χ1v) is 24.6. The second-order valence-electron chi connectivity index (χ2n) is 15.6. The van der Waals surface area contributed by atoms with Crippen LogP contribution in [0.2, 0.25) is 60.3 Å². The lowest BCUT2D eigenvalue weighted by Gasteiger charge is -2.13. The molecule has 4 aromatic carbocycles. The van der Waals surface area contributed by atoms with E-state index in [-0.39, 0.29) is 127 Å². The maximum Gasteiger partial charge on any atom is 0.335 e. The van der Waals surface area contributed by atoms with E-state index < -0.39 is 5.97 Å². The van der Waals surface area contributed by atoms with Crippen molar-refractivity contribution in [2.24, 2.45) is 0 Å². The maximum absolute atomic E-state index is 12.1. The summed E-state index contributed by atoms with van der Waals surface area (Å²) in [6.07, 6.45) is 2.60. The Balaban J connectivity index is 1.59. The molecule has 0 radical (unpaired) electrons. The second-order valence-corrected chi connectivity index (χ2v) is 20.2. The first kappa shape index (κ1) is 49.8. The topological polar surface area (TPSA) is 110 Å². The Morgan fingerprint density at radius 1 is 0.464 bits per heavy atom. The number of nitrogens with one attached hydrogen (secondary N) is 4. The Bertz CT molecular complexity index is 3810. The lowest BCUT2D eigenvalue weighted by Crippen LogP contribution is -2.20. The van der Waals surface area contributed by atoms with Gasteiger partial charge in [-0.2, -0.15) is 0 Å². The Labute approximate surface area is 452 Å². The third-order valence-electron chi connectivity index (χ3n) is 11.2. The number of halogens is 12. The van der Waals surface area contributed by atoms with Crippen LogP contribution in [-0.4, -0.2) is 31.0 Å². The van der Waals surface area contributed by atoms with E-state index in [1.165, 1.54) is 12.1 Å². The first-order valence-electron chi connectivity index (χ1n) is 20.1. The molecule has 0 saturated heterocycles. The lowest BCUT2D eigenvalue weighted by molar-refractivity contribution is 0.0697. The van der Waals surface area contributed by atoms with Gasteiger partial charge in [-0.1, -0.05) is 169 Å². The minimum Gasteiger partial charge on any atom is -0.478 e. The zero-order valence-corrected chi connectivity index (χ0v) is 44.3. The van der Waals surface area contributed by atoms with Crippen molar-refractivity contribution >= 4 is 167 Å². The number of hydrogen-bond acceptors (Lipinski definition) is 2. The number of rotatable bonds is 6. The molecule has 0 atom stereocenters. The number of H-pyrrole nitrogens is 4. The summed E-state index contributed by atoms with van der Waals surface area (Å²) < 4.78 is 5.59. The maximum atomic E-state index is 12.1. The molecule has 0 spiro atoms. The molecule has 8 bridgehead atoms. The van der Waals surface area contributed by atoms with Gasteiger partial charge in [0.2, 0.25) is 0 Å². The summed E-state index contributed by atoms with van der Waals surface area (Å²) in [5.41, 5.74) is 5.10. The van der Waals surface area contributed by atoms with E-state index in [4.69, 9.17) is 144 Å². The number of fused-ring (bicyclic) bond motifs is 8. The van der Waals surface area contributed by atoms with Gasteiger partial charge in [0.1, 0.15) is 11.9 Å². The van der Waals surface area contributed by atoms with Crippen LogP contribution in [0.15, 0.2) is 72.8 Å². The largest absolute Gasteiger partial charge is 0.478 e. The molecule has 348 valence electrons. The predicted octanol–water partition coefficient (Wildman–Crippen LogP) is 14.8. The van der Waals surface area contributed by atoms with Crippen LogP contribution in [0, 0.1) is 25.9 Å². The number of carboxylic acid groups (broad SMARTS) is 1. The van der Waals surface area contributed by atoms with E-state index in [9.17, 15) is 9.90 Å². The number of carbonyl (C=O) groups is 1. The number of aromatic nitrogens is 4. The van der Waals surface area contributed by atoms with E-state index in [1.54, 1.807) is 67.6 Å². The van der Waals surface area contributed by atoms with Crippen molar-refractivity contribution in [1.82, 2.24) is 19.9 Å². The fraction of sp³-hybridized carbons (Fsp3) is 0.0600. The summed E-state index contributed by atoms with van der Waals surface area (Å²) in [7, 11) is 0. The van der Waals surface area contributed by atoms with Crippen LogP contribution in [0.25, 0.3) is 22.3 Å². The van der Waals surface area contributed by atoms with E-state index in [2.05, 4.69) is 32.0 Å². The molecule has 8 aromatic rings. The van der Waals surface area contributed by atoms with Crippen molar-refractivity contribution in [2.45, 2.75) is 20.8 Å². The van der Waals surface area contributed by atoms with Crippen LogP contribution in [0.1, 0.15) is 73.4 Å². The van der Waals surface area contributed by atoms with E-state index in [0.29, 0.717) is 33.6 Å². The van der Waals surface area contributed by atoms with E-state index >= 15 is 0 Å². The molecule has 0 unspecified atom stereocenters. The molecule has 9 rings (SSSR count). The number of hydrogen-bond donors (Lipinski definition) is 5. The summed E-state index contributed by atoms with van der Waals surface area (Å²) >= 11 is 87.6. The minimum atomic E-state index is -1.15. The number of aromatic amines is 4. The number of carboxylic acids is 1. The molecule has 0 aliphatic carbocycles. The molecule has 1 aliphatic heterocycles. The van der Waals surface area contributed by atoms with Gasteiger partial charge in [-0.05, 0) is 84.6 Å². The fourth-order valence-corrected chi connectivity index (χ4v) is 11.7. The van der Waals surface area contributed by atoms with Gasteiger partial charge in [-0.15, -0.1) is 0 Å². The summed E-state index contributed by atoms with van der Waals surface area (Å²) in [5, 5.41) is 11.8. The van der Waals surface area contributed by atoms with E-state index in [1.807, 2.05) is 13.8 Å². The Morgan fingerprint density at radius 2 is 0.783 bits per heavy atom. The normalized spacial score (nSPS) is 12.4. The lowest BCUT2D eigenvalue weighted by atomic mass is 10.0. The highest BCUT2D eigenvalue weighted by molar-refractivity contribution is 6.47. The molecule has 5 heterocycles. The Hall–Kier alpha value is -4.21. The highest BCUT2D eigenvalue weighted by atomic mass is 35.5. The molecule has 4 aromatic heterocycles. The molecular formula is C50H26Cl12N4O3. The predicted molar refractivity (Wildman–Crippen MR) is 285 cm³/mol. The zero-order valence-electron chi connectivity index (χ0n) is 35.2. The van der Waals surface area contributed by atoms with Crippen molar-refractivity contribution in [2.75, 3.05) is 0 Å². The summed E-state index contributed by atoms with van der Waals surface area (Å²) in [6, 6.07) is 19.9. The third-order valence-corrected chi connectivity index (χ3v) is 15.8. The van der Waals surface area contributed by atoms with Gasteiger partial charge in [-0.3, -0.25) is 0 Å². The van der Waals surface area contributed by atoms with Crippen LogP contribution < -0.4 is 26.1 Å². The van der Waals surface area contributed by atoms with Crippen molar-refractivity contribution in [1.29, 1.82) is 0 Å². The summed E-state index contributed by atoms with van der Waals surface area (Å²) in [6.45, 7) is 5.33. The molecule has 5 N–H and O–H groups in total. The summed E-state index contributed by atoms with van der Waals surface area (Å²) in [5.74, 6) is 2.01. The van der Waals surface area contributed by atoms with Gasteiger partial charge >= 0.3 is 5.97 Å². The molecule has 1 aliphatic rings. The van der Waals surface area contributed by atoms with Gasteiger partial charge in [-0.25, -0.2) is 4.79 Å². The van der Waals surface area contributed by atoms with Crippen molar-refractivity contribution < 1.29 is 14.6 Å². The van der Waals surface area contributed by atoms with Crippen LogP contribution in [0.5, 0.6) is 5.75 Å². The minimum absolute atomic E-state index is 0.000426. The SMILES string of the molecule is CC#COc1ccc(C2=c3[nH]c(c(Cl)c3Cl)=C(c3c(Cl)cc(C)cc3Cl)c3[nH]c(c(Cl)c3Cl)C(c3ccc(C(=O)O)cc3)=c3[nH]c(c(Cl)c3Cl)=C(c3c(Cl)cc(C)cc3Cl)c3[nH]c2c(Cl)c3Cl)cc1. The quantitative estimate of drug-likeness (QED) is 0.107. The van der Waals surface area contributed by atoms with Crippen molar-refractivity contribution in [3.8, 4) is 17.8 Å². The van der Waals surface area contributed by atoms with Gasteiger partial charge < -0.3 is 29.8 Å². The molecule has 0 amide bonds. The van der Waals surface area contributed by atoms with Gasteiger partial charge in [0.25, 0.3) is 0 Å². The monoisotopic (exact) mass is 1150 g/mol. The number of benzene rings is 4. The van der Waals surface area contributed by atoms with Gasteiger partial charge in [0, 0.05) is 40.3 Å². The van der Waals surface area contributed by atoms with Crippen molar-refractivity contribution in [3.63, 3.8) is 0 Å². The Morgan fingerprint density at radius 3 is 1.12 bits per heavy atom. The number of ether oxygens (including phenoxy) is 1. The van der Waals surface area contributed by atoms with Crippen LogP contribution >= 0.6 is 139 Å². The fourth-order valence-electron chi connectivity index (χ4n) is 8.23. The molecular weight excluding hydrogens is 1130 g/mol. The first-order chi connectivity index (χ1) is 32.8. The van der Waals surface area contributed by atoms with E-state index in [0.717, 1.165) is 11.1 Å². The molecule has 69 heavy (non-hydrogen) atoms. The number of aromatic carboxylic acids is 1. The van der Waals surface area contributed by atoms with Crippen LogP contribution in [0.3, 0.4) is 0 Å². The number of aryl methyl sites for hydroxylation is 2. The smallest absolute Gasteiger partial charge is 0.335 e. The van der Waals surface area contributed by atoms with Crippen molar-refractivity contribution in [3.05, 3.63) is 216 Å². The van der Waals surface area contributed by atoms with Crippen LogP contribution in [-0.2, 0) is 0 Å².